The zero-order valence-corrected chi connectivity index (χ0v) is 29.3. The number of fused-ring (bicyclic) bond motifs is 1. The number of thiazole rings is 1. The van der Waals surface area contributed by atoms with E-state index in [2.05, 4.69) is 112 Å². The van der Waals surface area contributed by atoms with Gasteiger partial charge in [0.1, 0.15) is 0 Å². The minimum atomic E-state index is -3.48. The van der Waals surface area contributed by atoms with Gasteiger partial charge in [0.2, 0.25) is 0 Å². The summed E-state index contributed by atoms with van der Waals surface area (Å²) in [5.74, 6) is 0.00145. The molecule has 0 N–H and O–H groups in total. The van der Waals surface area contributed by atoms with E-state index < -0.39 is 10.1 Å². The third-order valence-corrected chi connectivity index (χ3v) is 10.6. The molecule has 0 spiro atoms. The van der Waals surface area contributed by atoms with Crippen molar-refractivity contribution in [2.75, 3.05) is 38.5 Å². The molecule has 0 atom stereocenters. The maximum absolute atomic E-state index is 11.9. The first kappa shape index (κ1) is 35.5. The van der Waals surface area contributed by atoms with Crippen LogP contribution in [0.2, 0.25) is 0 Å². The van der Waals surface area contributed by atoms with Crippen molar-refractivity contribution < 1.29 is 21.9 Å². The van der Waals surface area contributed by atoms with Gasteiger partial charge in [-0.3, -0.25) is 4.18 Å². The normalized spacial score (nSPS) is 14.5. The van der Waals surface area contributed by atoms with Crippen molar-refractivity contribution in [1.29, 1.82) is 0 Å². The fourth-order valence-electron chi connectivity index (χ4n) is 4.69. The summed E-state index contributed by atoms with van der Waals surface area (Å²) >= 11 is 3.55. The SMILES string of the molecule is C/C=C\c1sc(/C=C(/C=C2/Sc3ccc(/C=C/c4ccccc4)cc3N2CC)CC)[n+](CCCS(=O)(=O)OC)c1C.COC. The Morgan fingerprint density at radius 3 is 2.34 bits per heavy atom. The fraction of sp³-hybridized carbons (Fsp3) is 0.343. The molecule has 3 aromatic rings. The largest absolute Gasteiger partial charge is 0.388 e. The minimum absolute atomic E-state index is 0.00145. The molecule has 2 aromatic carbocycles. The summed E-state index contributed by atoms with van der Waals surface area (Å²) in [7, 11) is 0.991. The van der Waals surface area contributed by atoms with Crippen molar-refractivity contribution in [3.05, 3.63) is 98.0 Å². The minimum Gasteiger partial charge on any atom is -0.388 e. The molecule has 44 heavy (non-hydrogen) atoms. The van der Waals surface area contributed by atoms with Gasteiger partial charge in [-0.25, -0.2) is 0 Å². The van der Waals surface area contributed by atoms with Crippen molar-refractivity contribution in [2.45, 2.75) is 52.0 Å². The second kappa shape index (κ2) is 17.5. The van der Waals surface area contributed by atoms with Crippen molar-refractivity contribution in [3.63, 3.8) is 0 Å². The molecule has 0 radical (unpaired) electrons. The second-order valence-electron chi connectivity index (χ2n) is 10.1. The molecule has 4 rings (SSSR count). The highest BCUT2D eigenvalue weighted by Gasteiger charge is 2.25. The third kappa shape index (κ3) is 9.78. The average Bonchev–Trinajstić information content (AvgIpc) is 3.51. The predicted molar refractivity (Wildman–Crippen MR) is 189 cm³/mol. The molecule has 0 aliphatic carbocycles. The van der Waals surface area contributed by atoms with E-state index in [1.807, 2.05) is 30.8 Å². The molecule has 9 heteroatoms. The Labute approximate surface area is 272 Å². The van der Waals surface area contributed by atoms with E-state index in [-0.39, 0.29) is 5.75 Å². The summed E-state index contributed by atoms with van der Waals surface area (Å²) in [6.45, 7) is 9.99. The van der Waals surface area contributed by atoms with Crippen LogP contribution in [0.1, 0.15) is 60.3 Å². The molecule has 1 aliphatic rings. The van der Waals surface area contributed by atoms with Crippen molar-refractivity contribution in [3.8, 4) is 0 Å². The number of thioether (sulfide) groups is 1. The highest BCUT2D eigenvalue weighted by molar-refractivity contribution is 8.03. The van der Waals surface area contributed by atoms with Gasteiger partial charge < -0.3 is 9.64 Å². The molecule has 1 aliphatic heterocycles. The van der Waals surface area contributed by atoms with Crippen LogP contribution in [-0.4, -0.2) is 42.0 Å². The van der Waals surface area contributed by atoms with Gasteiger partial charge in [-0.2, -0.15) is 13.0 Å². The summed E-state index contributed by atoms with van der Waals surface area (Å²) in [4.78, 5) is 4.84. The molecule has 0 saturated carbocycles. The van der Waals surface area contributed by atoms with Gasteiger partial charge in [0.15, 0.2) is 12.2 Å². The molecule has 0 fully saturated rings. The molecular weight excluding hydrogens is 609 g/mol. The number of ether oxygens (including phenoxy) is 1. The van der Waals surface area contributed by atoms with Crippen LogP contribution in [0, 0.1) is 6.92 Å². The van der Waals surface area contributed by atoms with Gasteiger partial charge in [-0.15, -0.1) is 0 Å². The lowest BCUT2D eigenvalue weighted by atomic mass is 10.1. The average molecular weight is 654 g/mol. The third-order valence-electron chi connectivity index (χ3n) is 6.95. The Bertz CT molecular complexity index is 1600. The molecule has 1 aromatic heterocycles. The van der Waals surface area contributed by atoms with Crippen LogP contribution in [-0.2, 0) is 25.6 Å². The smallest absolute Gasteiger partial charge is 0.267 e. The van der Waals surface area contributed by atoms with E-state index in [9.17, 15) is 8.42 Å². The van der Waals surface area contributed by atoms with Gasteiger partial charge in [0.25, 0.3) is 15.1 Å². The van der Waals surface area contributed by atoms with Gasteiger partial charge in [0, 0.05) is 45.1 Å². The van der Waals surface area contributed by atoms with E-state index in [0.717, 1.165) is 23.7 Å². The standard InChI is InChI=1S/C33H39N2O3S3.C2H6O/c1-6-13-30-25(4)35(20-12-21-41(36,37)38-5)33(39-30)24-26(7-2)23-32-34(8-3)29-22-28(18-19-31(29)40-32)17-16-27-14-10-9-11-15-27;1-3-2/h6,9-11,13-19,22-24H,7-8,12,20-21H2,1-5H3;1-2H3/q+1;/b13-6-,17-16+;. The van der Waals surface area contributed by atoms with Crippen molar-refractivity contribution in [1.82, 2.24) is 0 Å². The number of benzene rings is 2. The Kier molecular flexibility index (Phi) is 14.1. The second-order valence-corrected chi connectivity index (χ2v) is 14.1. The number of hydrogen-bond donors (Lipinski definition) is 0. The molecule has 2 heterocycles. The topological polar surface area (TPSA) is 59.7 Å². The first-order valence-electron chi connectivity index (χ1n) is 14.8. The van der Waals surface area contributed by atoms with Crippen LogP contribution in [0.4, 0.5) is 5.69 Å². The van der Waals surface area contributed by atoms with Crippen LogP contribution in [0.5, 0.6) is 0 Å². The molecule has 0 bridgehead atoms. The molecule has 6 nitrogen and oxygen atoms in total. The molecular formula is C35H45N2O4S3+. The van der Waals surface area contributed by atoms with Crippen LogP contribution in [0.3, 0.4) is 0 Å². The quantitative estimate of drug-likeness (QED) is 0.111. The van der Waals surface area contributed by atoms with E-state index in [4.69, 9.17) is 0 Å². The fourth-order valence-corrected chi connectivity index (χ4v) is 7.76. The van der Waals surface area contributed by atoms with Crippen molar-refractivity contribution in [2.24, 2.45) is 0 Å². The highest BCUT2D eigenvalue weighted by Crippen LogP contribution is 2.47. The summed E-state index contributed by atoms with van der Waals surface area (Å²) in [6, 6.07) is 17.0. The van der Waals surface area contributed by atoms with Crippen LogP contribution >= 0.6 is 23.1 Å². The van der Waals surface area contributed by atoms with Gasteiger partial charge >= 0.3 is 0 Å². The monoisotopic (exact) mass is 653 g/mol. The molecule has 0 saturated heterocycles. The van der Waals surface area contributed by atoms with Gasteiger partial charge in [-0.05, 0) is 61.3 Å². The maximum Gasteiger partial charge on any atom is 0.267 e. The Morgan fingerprint density at radius 2 is 1.70 bits per heavy atom. The lowest BCUT2D eigenvalue weighted by molar-refractivity contribution is -0.699. The summed E-state index contributed by atoms with van der Waals surface area (Å²) < 4.78 is 34.9. The summed E-state index contributed by atoms with van der Waals surface area (Å²) in [5, 5.41) is 2.34. The lowest BCUT2D eigenvalue weighted by Crippen LogP contribution is -2.38. The Morgan fingerprint density at radius 1 is 1.00 bits per heavy atom. The predicted octanol–water partition coefficient (Wildman–Crippen LogP) is 8.44. The van der Waals surface area contributed by atoms with E-state index in [1.165, 1.54) is 44.3 Å². The Balaban J connectivity index is 0.00000169. The zero-order chi connectivity index (χ0) is 32.1. The highest BCUT2D eigenvalue weighted by atomic mass is 32.2. The molecule has 236 valence electrons. The number of hydrogen-bond acceptors (Lipinski definition) is 7. The summed E-state index contributed by atoms with van der Waals surface area (Å²) in [5.41, 5.74) is 5.99. The molecule has 0 amide bonds. The summed E-state index contributed by atoms with van der Waals surface area (Å²) in [6.07, 6.45) is 14.4. The number of aromatic nitrogens is 1. The van der Waals surface area contributed by atoms with E-state index >= 15 is 0 Å². The number of rotatable bonds is 12. The van der Waals surface area contributed by atoms with E-state index in [0.29, 0.717) is 13.0 Å². The van der Waals surface area contributed by atoms with E-state index in [1.54, 1.807) is 25.6 Å². The Hall–Kier alpha value is -2.95. The maximum atomic E-state index is 11.9. The first-order valence-corrected chi connectivity index (χ1v) is 18.0. The lowest BCUT2D eigenvalue weighted by Gasteiger charge is -2.18. The van der Waals surface area contributed by atoms with Crippen LogP contribution < -0.4 is 9.47 Å². The zero-order valence-electron chi connectivity index (χ0n) is 26.9. The number of nitrogens with zero attached hydrogens (tertiary/aromatic N) is 2. The molecule has 0 unspecified atom stereocenters. The van der Waals surface area contributed by atoms with Gasteiger partial charge in [0.05, 0.1) is 28.5 Å². The first-order chi connectivity index (χ1) is 21.2. The number of allylic oxidation sites excluding steroid dienone is 3. The van der Waals surface area contributed by atoms with Crippen LogP contribution in [0.25, 0.3) is 24.3 Å². The number of methoxy groups -OCH3 is 1. The van der Waals surface area contributed by atoms with Crippen molar-refractivity contribution >= 4 is 63.2 Å². The van der Waals surface area contributed by atoms with Crippen LogP contribution in [0.15, 0.2) is 76.2 Å². The van der Waals surface area contributed by atoms with Gasteiger partial charge in [-0.1, -0.05) is 84.6 Å². The number of anilines is 1.